The van der Waals surface area contributed by atoms with Gasteiger partial charge in [-0.25, -0.2) is 4.39 Å². The Balaban J connectivity index is 3.45. The van der Waals surface area contributed by atoms with Gasteiger partial charge in [-0.1, -0.05) is 18.2 Å². The second kappa shape index (κ2) is 6.99. The number of hydrogen-bond donors (Lipinski definition) is 0. The lowest BCUT2D eigenvalue weighted by molar-refractivity contribution is -0.424. The molecule has 28 heavy (non-hydrogen) atoms. The Morgan fingerprint density at radius 1 is 0.750 bits per heavy atom. The summed E-state index contributed by atoms with van der Waals surface area (Å²) in [5.41, 5.74) is -3.61. The molecule has 1 rings (SSSR count). The molecule has 1 aromatic rings. The largest absolute Gasteiger partial charge is 0.460 e. The van der Waals surface area contributed by atoms with E-state index < -0.39 is 53.3 Å². The molecule has 0 spiro atoms. The van der Waals surface area contributed by atoms with Crippen LogP contribution in [0.3, 0.4) is 0 Å². The molecular weight excluding hydrogens is 424 g/mol. The number of alkyl halides is 11. The van der Waals surface area contributed by atoms with Crippen molar-refractivity contribution in [3.63, 3.8) is 0 Å². The van der Waals surface area contributed by atoms with E-state index in [4.69, 9.17) is 0 Å². The fourth-order valence-corrected chi connectivity index (χ4v) is 2.31. The minimum Gasteiger partial charge on any atom is -0.373 e. The number of benzene rings is 1. The van der Waals surface area contributed by atoms with Gasteiger partial charge in [0, 0.05) is 12.7 Å². The first-order valence-electron chi connectivity index (χ1n) is 7.16. The molecule has 0 aliphatic rings. The maximum Gasteiger partial charge on any atom is 0.460 e. The molecule has 13 heteroatoms. The maximum atomic E-state index is 14.0. The Kier molecular flexibility index (Phi) is 6.09. The van der Waals surface area contributed by atoms with Crippen molar-refractivity contribution in [3.05, 3.63) is 35.6 Å². The molecule has 162 valence electrons. The summed E-state index contributed by atoms with van der Waals surface area (Å²) in [4.78, 5) is 0. The van der Waals surface area contributed by atoms with Crippen molar-refractivity contribution >= 4 is 0 Å². The minimum absolute atomic E-state index is 0.551. The molecular formula is C15H12F12O. The van der Waals surface area contributed by atoms with Gasteiger partial charge in [-0.3, -0.25) is 0 Å². The van der Waals surface area contributed by atoms with Crippen LogP contribution >= 0.6 is 0 Å². The summed E-state index contributed by atoms with van der Waals surface area (Å²) < 4.78 is 162. The summed E-state index contributed by atoms with van der Waals surface area (Å²) in [5, 5.41) is 0. The highest BCUT2D eigenvalue weighted by atomic mass is 19.4. The predicted octanol–water partition coefficient (Wildman–Crippen LogP) is 6.18. The van der Waals surface area contributed by atoms with Crippen LogP contribution in [-0.4, -0.2) is 37.0 Å². The van der Waals surface area contributed by atoms with E-state index in [0.717, 1.165) is 18.2 Å². The zero-order chi connectivity index (χ0) is 22.4. The Morgan fingerprint density at radius 2 is 1.21 bits per heavy atom. The zero-order valence-corrected chi connectivity index (χ0v) is 14.0. The van der Waals surface area contributed by atoms with Crippen LogP contribution in [-0.2, 0) is 10.3 Å². The van der Waals surface area contributed by atoms with Crippen molar-refractivity contribution in [2.24, 2.45) is 0 Å². The van der Waals surface area contributed by atoms with Crippen LogP contribution in [0.2, 0.25) is 0 Å². The zero-order valence-electron chi connectivity index (χ0n) is 14.0. The molecule has 1 aromatic carbocycles. The topological polar surface area (TPSA) is 9.23 Å². The van der Waals surface area contributed by atoms with Crippen LogP contribution < -0.4 is 0 Å². The third-order valence-corrected chi connectivity index (χ3v) is 4.06. The number of halogens is 12. The highest BCUT2D eigenvalue weighted by Crippen LogP contribution is 2.59. The smallest absolute Gasteiger partial charge is 0.373 e. The predicted molar refractivity (Wildman–Crippen MR) is 71.2 cm³/mol. The number of rotatable bonds is 7. The number of ether oxygens (including phenoxy) is 1. The molecule has 1 atom stereocenters. The molecule has 1 nitrogen and oxygen atoms in total. The summed E-state index contributed by atoms with van der Waals surface area (Å²) in [6, 6.07) is 3.53. The van der Waals surface area contributed by atoms with Gasteiger partial charge in [0.1, 0.15) is 5.82 Å². The molecule has 0 radical (unpaired) electrons. The van der Waals surface area contributed by atoms with Crippen LogP contribution in [0.5, 0.6) is 0 Å². The molecule has 0 saturated heterocycles. The molecule has 0 heterocycles. The molecule has 0 saturated carbocycles. The van der Waals surface area contributed by atoms with Gasteiger partial charge < -0.3 is 4.74 Å². The summed E-state index contributed by atoms with van der Waals surface area (Å²) in [6.45, 7) is 0.551. The Labute approximate surface area is 150 Å². The third-order valence-electron chi connectivity index (χ3n) is 4.06. The van der Waals surface area contributed by atoms with Crippen molar-refractivity contribution < 1.29 is 57.4 Å². The first-order chi connectivity index (χ1) is 12.3. The van der Waals surface area contributed by atoms with E-state index >= 15 is 0 Å². The molecule has 0 aliphatic carbocycles. The molecule has 0 N–H and O–H groups in total. The third kappa shape index (κ3) is 3.64. The Hall–Kier alpha value is -1.66. The fraction of sp³-hybridized carbons (Fsp3) is 0.600. The van der Waals surface area contributed by atoms with Crippen molar-refractivity contribution in [1.29, 1.82) is 0 Å². The first-order valence-corrected chi connectivity index (χ1v) is 7.16. The van der Waals surface area contributed by atoms with Gasteiger partial charge >= 0.3 is 29.9 Å². The Bertz CT molecular complexity index is 697. The van der Waals surface area contributed by atoms with Crippen LogP contribution in [0.4, 0.5) is 52.7 Å². The van der Waals surface area contributed by atoms with Crippen LogP contribution in [0.15, 0.2) is 24.3 Å². The molecule has 0 aliphatic heterocycles. The monoisotopic (exact) mass is 436 g/mol. The van der Waals surface area contributed by atoms with E-state index in [1.807, 2.05) is 0 Å². The lowest BCUT2D eigenvalue weighted by Gasteiger charge is -2.40. The molecule has 1 unspecified atom stereocenters. The molecule has 0 amide bonds. The normalized spacial score (nSPS) is 16.8. The summed E-state index contributed by atoms with van der Waals surface area (Å²) in [6.07, 6.45) is -9.78. The van der Waals surface area contributed by atoms with Crippen LogP contribution in [0, 0.1) is 5.82 Å². The van der Waals surface area contributed by atoms with Gasteiger partial charge in [0.25, 0.3) is 0 Å². The van der Waals surface area contributed by atoms with E-state index in [1.165, 1.54) is 0 Å². The van der Waals surface area contributed by atoms with Gasteiger partial charge in [-0.15, -0.1) is 0 Å². The van der Waals surface area contributed by atoms with Gasteiger partial charge in [-0.2, -0.15) is 48.3 Å². The van der Waals surface area contributed by atoms with Crippen molar-refractivity contribution in [3.8, 4) is 0 Å². The van der Waals surface area contributed by atoms with Gasteiger partial charge in [0.15, 0.2) is 0 Å². The quantitative estimate of drug-likeness (QED) is 0.464. The summed E-state index contributed by atoms with van der Waals surface area (Å²) in [5.74, 6) is -29.6. The Morgan fingerprint density at radius 3 is 1.61 bits per heavy atom. The average Bonchev–Trinajstić information content (AvgIpc) is 2.53. The molecule has 0 bridgehead atoms. The highest BCUT2D eigenvalue weighted by molar-refractivity contribution is 5.25. The summed E-state index contributed by atoms with van der Waals surface area (Å²) in [7, 11) is 0.600. The first kappa shape index (κ1) is 24.4. The van der Waals surface area contributed by atoms with E-state index in [9.17, 15) is 52.7 Å². The van der Waals surface area contributed by atoms with Crippen molar-refractivity contribution in [1.82, 2.24) is 0 Å². The lowest BCUT2D eigenvalue weighted by atomic mass is 9.84. The average molecular weight is 436 g/mol. The standard InChI is InChI=1S/C15H12F12O/c1-10(28-2,8-5-3-4-6-9(8)16)7-11(17,18)12(19,20)13(21,22)14(23,24)15(25,26)27/h3-6H,7H2,1-2H3. The van der Waals surface area contributed by atoms with E-state index in [0.29, 0.717) is 20.1 Å². The van der Waals surface area contributed by atoms with Gasteiger partial charge in [-0.05, 0) is 13.0 Å². The summed E-state index contributed by atoms with van der Waals surface area (Å²) >= 11 is 0. The second-order valence-electron chi connectivity index (χ2n) is 6.02. The van der Waals surface area contributed by atoms with Crippen LogP contribution in [0.1, 0.15) is 18.9 Å². The molecule has 0 fully saturated rings. The second-order valence-corrected chi connectivity index (χ2v) is 6.02. The number of hydrogen-bond acceptors (Lipinski definition) is 1. The van der Waals surface area contributed by atoms with Crippen molar-refractivity contribution in [2.45, 2.75) is 48.8 Å². The minimum atomic E-state index is -7.52. The molecule has 0 aromatic heterocycles. The van der Waals surface area contributed by atoms with E-state index in [1.54, 1.807) is 0 Å². The van der Waals surface area contributed by atoms with Gasteiger partial charge in [0.05, 0.1) is 12.0 Å². The SMILES string of the molecule is COC(C)(CC(F)(F)C(F)(F)C(F)(F)C(F)(F)C(F)(F)F)c1ccccc1F. The van der Waals surface area contributed by atoms with Crippen LogP contribution in [0.25, 0.3) is 0 Å². The maximum absolute atomic E-state index is 14.0. The lowest BCUT2D eigenvalue weighted by Crippen LogP contribution is -2.67. The van der Waals surface area contributed by atoms with Gasteiger partial charge in [0.2, 0.25) is 0 Å². The highest BCUT2D eigenvalue weighted by Gasteiger charge is 2.87. The number of methoxy groups -OCH3 is 1. The fourth-order valence-electron chi connectivity index (χ4n) is 2.31. The van der Waals surface area contributed by atoms with E-state index in [-0.39, 0.29) is 0 Å². The van der Waals surface area contributed by atoms with E-state index in [2.05, 4.69) is 4.74 Å². The van der Waals surface area contributed by atoms with Crippen molar-refractivity contribution in [2.75, 3.05) is 7.11 Å².